The highest BCUT2D eigenvalue weighted by atomic mass is 32.1. The van der Waals surface area contributed by atoms with E-state index in [-0.39, 0.29) is 5.91 Å². The van der Waals surface area contributed by atoms with Gasteiger partial charge in [-0.2, -0.15) is 11.3 Å². The summed E-state index contributed by atoms with van der Waals surface area (Å²) in [6.07, 6.45) is 0.728. The zero-order valence-corrected chi connectivity index (χ0v) is 13.8. The molecule has 0 aliphatic carbocycles. The van der Waals surface area contributed by atoms with Crippen LogP contribution >= 0.6 is 11.3 Å². The first kappa shape index (κ1) is 15.4. The molecule has 0 aliphatic heterocycles. The maximum absolute atomic E-state index is 12.0. The van der Waals surface area contributed by atoms with Crippen molar-refractivity contribution in [2.75, 3.05) is 5.32 Å². The van der Waals surface area contributed by atoms with Crippen LogP contribution < -0.4 is 5.32 Å². The lowest BCUT2D eigenvalue weighted by Gasteiger charge is -2.06. The summed E-state index contributed by atoms with van der Waals surface area (Å²) in [6, 6.07) is 7.90. The Balaban J connectivity index is 1.57. The summed E-state index contributed by atoms with van der Waals surface area (Å²) in [5, 5.41) is 14.8. The van der Waals surface area contributed by atoms with Crippen LogP contribution in [0, 0.1) is 13.8 Å². The van der Waals surface area contributed by atoms with E-state index in [2.05, 4.69) is 21.6 Å². The van der Waals surface area contributed by atoms with Crippen LogP contribution in [0.15, 0.2) is 39.4 Å². The van der Waals surface area contributed by atoms with E-state index in [1.54, 1.807) is 11.3 Å². The van der Waals surface area contributed by atoms with Crippen LogP contribution in [0.4, 0.5) is 5.69 Å². The Bertz CT molecular complexity index is 789. The van der Waals surface area contributed by atoms with Crippen molar-refractivity contribution in [2.45, 2.75) is 26.7 Å². The lowest BCUT2D eigenvalue weighted by atomic mass is 10.1. The number of carbonyl (C=O) groups is 1. The standard InChI is InChI=1S/C17H17N3O2S/c1-11-7-12(2)9-14(8-11)18-15(21)3-4-16-19-20-17(22-16)13-5-6-23-10-13/h5-10H,3-4H2,1-2H3,(H,18,21). The summed E-state index contributed by atoms with van der Waals surface area (Å²) < 4.78 is 5.57. The van der Waals surface area contributed by atoms with Gasteiger partial charge >= 0.3 is 0 Å². The number of aryl methyl sites for hydroxylation is 3. The maximum atomic E-state index is 12.0. The molecule has 0 fully saturated rings. The fourth-order valence-corrected chi connectivity index (χ4v) is 2.98. The van der Waals surface area contributed by atoms with Crippen LogP contribution in [-0.2, 0) is 11.2 Å². The summed E-state index contributed by atoms with van der Waals surface area (Å²) in [7, 11) is 0. The number of hydrogen-bond acceptors (Lipinski definition) is 5. The molecule has 1 aromatic carbocycles. The lowest BCUT2D eigenvalue weighted by molar-refractivity contribution is -0.116. The van der Waals surface area contributed by atoms with Gasteiger partial charge in [-0.3, -0.25) is 4.79 Å². The molecule has 0 saturated heterocycles. The molecule has 3 aromatic rings. The largest absolute Gasteiger partial charge is 0.421 e. The van der Waals surface area contributed by atoms with E-state index in [1.807, 2.05) is 42.8 Å². The van der Waals surface area contributed by atoms with Gasteiger partial charge < -0.3 is 9.73 Å². The Morgan fingerprint density at radius 2 is 2.00 bits per heavy atom. The Morgan fingerprint density at radius 1 is 1.22 bits per heavy atom. The van der Waals surface area contributed by atoms with Gasteiger partial charge in [-0.25, -0.2) is 0 Å². The molecule has 23 heavy (non-hydrogen) atoms. The third-order valence-corrected chi connectivity index (χ3v) is 3.99. The summed E-state index contributed by atoms with van der Waals surface area (Å²) in [4.78, 5) is 12.0. The molecule has 2 heterocycles. The second-order valence-corrected chi connectivity index (χ2v) is 6.22. The summed E-state index contributed by atoms with van der Waals surface area (Å²) in [5.41, 5.74) is 3.97. The zero-order chi connectivity index (χ0) is 16.2. The van der Waals surface area contributed by atoms with Gasteiger partial charge in [-0.15, -0.1) is 10.2 Å². The molecule has 0 unspecified atom stereocenters. The average Bonchev–Trinajstić information content (AvgIpc) is 3.15. The number of carbonyl (C=O) groups excluding carboxylic acids is 1. The molecular formula is C17H17N3O2S. The van der Waals surface area contributed by atoms with Gasteiger partial charge in [0, 0.05) is 29.5 Å². The number of nitrogens with zero attached hydrogens (tertiary/aromatic N) is 2. The zero-order valence-electron chi connectivity index (χ0n) is 13.0. The quantitative estimate of drug-likeness (QED) is 0.769. The number of hydrogen-bond donors (Lipinski definition) is 1. The molecular weight excluding hydrogens is 310 g/mol. The van der Waals surface area contributed by atoms with Crippen LogP contribution in [-0.4, -0.2) is 16.1 Å². The van der Waals surface area contributed by atoms with Crippen molar-refractivity contribution in [1.29, 1.82) is 0 Å². The number of amides is 1. The SMILES string of the molecule is Cc1cc(C)cc(NC(=O)CCc2nnc(-c3ccsc3)o2)c1. The molecule has 5 nitrogen and oxygen atoms in total. The van der Waals surface area contributed by atoms with Crippen molar-refractivity contribution in [2.24, 2.45) is 0 Å². The Hall–Kier alpha value is -2.47. The molecule has 2 aromatic heterocycles. The van der Waals surface area contributed by atoms with E-state index in [0.29, 0.717) is 24.6 Å². The first-order valence-electron chi connectivity index (χ1n) is 7.33. The number of anilines is 1. The first-order chi connectivity index (χ1) is 11.1. The van der Waals surface area contributed by atoms with Crippen LogP contribution in [0.2, 0.25) is 0 Å². The Kier molecular flexibility index (Phi) is 4.52. The Labute approximate surface area is 138 Å². The third-order valence-electron chi connectivity index (χ3n) is 3.31. The number of nitrogens with one attached hydrogen (secondary N) is 1. The van der Waals surface area contributed by atoms with Crippen molar-refractivity contribution in [1.82, 2.24) is 10.2 Å². The molecule has 118 valence electrons. The monoisotopic (exact) mass is 327 g/mol. The van der Waals surface area contributed by atoms with E-state index in [4.69, 9.17) is 4.42 Å². The minimum atomic E-state index is -0.0646. The van der Waals surface area contributed by atoms with Crippen molar-refractivity contribution < 1.29 is 9.21 Å². The van der Waals surface area contributed by atoms with Gasteiger partial charge in [0.05, 0.1) is 0 Å². The van der Waals surface area contributed by atoms with Crippen molar-refractivity contribution in [3.63, 3.8) is 0 Å². The maximum Gasteiger partial charge on any atom is 0.248 e. The van der Waals surface area contributed by atoms with E-state index in [0.717, 1.165) is 22.4 Å². The van der Waals surface area contributed by atoms with Gasteiger partial charge in [0.1, 0.15) is 0 Å². The van der Waals surface area contributed by atoms with Gasteiger partial charge in [-0.1, -0.05) is 6.07 Å². The van der Waals surface area contributed by atoms with E-state index in [1.165, 1.54) is 0 Å². The highest BCUT2D eigenvalue weighted by molar-refractivity contribution is 7.08. The Morgan fingerprint density at radius 3 is 2.70 bits per heavy atom. The normalized spacial score (nSPS) is 10.7. The minimum absolute atomic E-state index is 0.0646. The molecule has 0 aliphatic rings. The highest BCUT2D eigenvalue weighted by Gasteiger charge is 2.11. The third kappa shape index (κ3) is 4.04. The molecule has 0 bridgehead atoms. The molecule has 3 rings (SSSR count). The molecule has 6 heteroatoms. The van der Waals surface area contributed by atoms with Gasteiger partial charge in [0.25, 0.3) is 0 Å². The smallest absolute Gasteiger partial charge is 0.248 e. The molecule has 1 amide bonds. The fourth-order valence-electron chi connectivity index (χ4n) is 2.35. The fraction of sp³-hybridized carbons (Fsp3) is 0.235. The van der Waals surface area contributed by atoms with Crippen LogP contribution in [0.3, 0.4) is 0 Å². The summed E-state index contributed by atoms with van der Waals surface area (Å²) in [5.74, 6) is 0.906. The molecule has 0 saturated carbocycles. The van der Waals surface area contributed by atoms with Crippen LogP contribution in [0.1, 0.15) is 23.4 Å². The molecule has 1 N–H and O–H groups in total. The van der Waals surface area contributed by atoms with Crippen LogP contribution in [0.5, 0.6) is 0 Å². The molecule has 0 atom stereocenters. The topological polar surface area (TPSA) is 68.0 Å². The lowest BCUT2D eigenvalue weighted by Crippen LogP contribution is -2.12. The van der Waals surface area contributed by atoms with Crippen LogP contribution in [0.25, 0.3) is 11.5 Å². The van der Waals surface area contributed by atoms with E-state index in [9.17, 15) is 4.79 Å². The second kappa shape index (κ2) is 6.75. The average molecular weight is 327 g/mol. The van der Waals surface area contributed by atoms with Crippen molar-refractivity contribution in [3.8, 4) is 11.5 Å². The van der Waals surface area contributed by atoms with Gasteiger partial charge in [0.15, 0.2) is 0 Å². The highest BCUT2D eigenvalue weighted by Crippen LogP contribution is 2.21. The summed E-state index contributed by atoms with van der Waals surface area (Å²) >= 11 is 1.57. The predicted molar refractivity (Wildman–Crippen MR) is 90.5 cm³/mol. The van der Waals surface area contributed by atoms with E-state index >= 15 is 0 Å². The van der Waals surface area contributed by atoms with Crippen molar-refractivity contribution in [3.05, 3.63) is 52.0 Å². The van der Waals surface area contributed by atoms with Crippen molar-refractivity contribution >= 4 is 22.9 Å². The molecule has 0 radical (unpaired) electrons. The number of rotatable bonds is 5. The van der Waals surface area contributed by atoms with Gasteiger partial charge in [0.2, 0.25) is 17.7 Å². The second-order valence-electron chi connectivity index (χ2n) is 5.44. The summed E-state index contributed by atoms with van der Waals surface area (Å²) in [6.45, 7) is 4.01. The molecule has 0 spiro atoms. The number of benzene rings is 1. The van der Waals surface area contributed by atoms with E-state index < -0.39 is 0 Å². The number of aromatic nitrogens is 2. The minimum Gasteiger partial charge on any atom is -0.421 e. The predicted octanol–water partition coefficient (Wildman–Crippen LogP) is 3.99. The van der Waals surface area contributed by atoms with Gasteiger partial charge in [-0.05, 0) is 48.6 Å². The number of thiophene rings is 1. The first-order valence-corrected chi connectivity index (χ1v) is 8.27.